The number of aromatic nitrogens is 2. The van der Waals surface area contributed by atoms with Gasteiger partial charge in [-0.25, -0.2) is 4.68 Å². The first-order valence-electron chi connectivity index (χ1n) is 6.74. The molecular weight excluding hydrogens is 290 g/mol. The molecule has 112 valence electrons. The molecule has 0 radical (unpaired) electrons. The predicted octanol–water partition coefficient (Wildman–Crippen LogP) is 2.36. The highest BCUT2D eigenvalue weighted by Gasteiger charge is 2.17. The topological polar surface area (TPSA) is 70.1 Å². The second kappa shape index (κ2) is 6.74. The lowest BCUT2D eigenvalue weighted by Crippen LogP contribution is -2.26. The van der Waals surface area contributed by atoms with Gasteiger partial charge in [-0.2, -0.15) is 5.10 Å². The molecule has 0 amide bonds. The van der Waals surface area contributed by atoms with Crippen LogP contribution in [0.3, 0.4) is 0 Å². The van der Waals surface area contributed by atoms with Gasteiger partial charge >= 0.3 is 0 Å². The van der Waals surface area contributed by atoms with Gasteiger partial charge in [0.15, 0.2) is 0 Å². The Kier molecular flexibility index (Phi) is 4.98. The summed E-state index contributed by atoms with van der Waals surface area (Å²) < 4.78 is 6.73. The first-order chi connectivity index (χ1) is 10.1. The summed E-state index contributed by atoms with van der Waals surface area (Å²) in [5.41, 5.74) is 7.46. The molecule has 0 spiro atoms. The van der Waals surface area contributed by atoms with Gasteiger partial charge in [0.05, 0.1) is 18.8 Å². The summed E-state index contributed by atoms with van der Waals surface area (Å²) in [6, 6.07) is 7.86. The van der Waals surface area contributed by atoms with Crippen LogP contribution in [0.5, 0.6) is 5.75 Å². The molecule has 0 bridgehead atoms. The minimum atomic E-state index is -0.512. The zero-order chi connectivity index (χ0) is 15.4. The molecule has 1 heterocycles. The smallest absolute Gasteiger partial charge is 0.266 e. The second-order valence-electron chi connectivity index (χ2n) is 4.68. The van der Waals surface area contributed by atoms with Crippen LogP contribution in [-0.4, -0.2) is 16.9 Å². The fraction of sp³-hybridized carbons (Fsp3) is 0.333. The number of rotatable bonds is 5. The van der Waals surface area contributed by atoms with E-state index in [-0.39, 0.29) is 5.56 Å². The highest BCUT2D eigenvalue weighted by molar-refractivity contribution is 6.30. The molecule has 0 fully saturated rings. The monoisotopic (exact) mass is 307 g/mol. The Bertz CT molecular complexity index is 685. The predicted molar refractivity (Wildman–Crippen MR) is 82.8 cm³/mol. The Labute approximate surface area is 128 Å². The van der Waals surface area contributed by atoms with E-state index < -0.39 is 6.04 Å². The van der Waals surface area contributed by atoms with Gasteiger partial charge in [0, 0.05) is 23.2 Å². The third kappa shape index (κ3) is 3.43. The summed E-state index contributed by atoms with van der Waals surface area (Å²) in [6.07, 6.45) is 0.825. The third-order valence-corrected chi connectivity index (χ3v) is 3.40. The number of hydrogen-bond acceptors (Lipinski definition) is 4. The second-order valence-corrected chi connectivity index (χ2v) is 5.12. The zero-order valence-electron chi connectivity index (χ0n) is 12.0. The van der Waals surface area contributed by atoms with Crippen LogP contribution >= 0.6 is 11.6 Å². The molecule has 0 aliphatic rings. The molecular formula is C15H18ClN3O2. The molecule has 21 heavy (non-hydrogen) atoms. The van der Waals surface area contributed by atoms with E-state index >= 15 is 0 Å². The van der Waals surface area contributed by atoms with Gasteiger partial charge < -0.3 is 10.5 Å². The average molecular weight is 308 g/mol. The lowest BCUT2D eigenvalue weighted by Gasteiger charge is -2.16. The van der Waals surface area contributed by atoms with E-state index in [9.17, 15) is 4.79 Å². The number of nitrogens with zero attached hydrogens (tertiary/aromatic N) is 2. The van der Waals surface area contributed by atoms with E-state index in [0.717, 1.165) is 12.0 Å². The Hall–Kier alpha value is -1.85. The van der Waals surface area contributed by atoms with Crippen molar-refractivity contribution in [3.8, 4) is 5.75 Å². The van der Waals surface area contributed by atoms with Crippen LogP contribution in [0, 0.1) is 0 Å². The Balaban J connectivity index is 2.44. The van der Waals surface area contributed by atoms with Crippen molar-refractivity contribution in [2.24, 2.45) is 5.73 Å². The maximum atomic E-state index is 11.7. The number of nitrogens with two attached hydrogens (primary N) is 1. The summed E-state index contributed by atoms with van der Waals surface area (Å²) in [5.74, 6) is 0.641. The SMILES string of the molecule is CCCn1nc(C(N)c2cc(Cl)ccc2OC)ccc1=O. The molecule has 0 aliphatic carbocycles. The molecule has 0 saturated carbocycles. The maximum absolute atomic E-state index is 11.7. The zero-order valence-corrected chi connectivity index (χ0v) is 12.8. The summed E-state index contributed by atoms with van der Waals surface area (Å²) >= 11 is 6.02. The summed E-state index contributed by atoms with van der Waals surface area (Å²) in [7, 11) is 1.57. The number of hydrogen-bond donors (Lipinski definition) is 1. The van der Waals surface area contributed by atoms with Gasteiger partial charge in [-0.05, 0) is 30.7 Å². The van der Waals surface area contributed by atoms with Gasteiger partial charge in [-0.3, -0.25) is 4.79 Å². The highest BCUT2D eigenvalue weighted by Crippen LogP contribution is 2.29. The van der Waals surface area contributed by atoms with Gasteiger partial charge in [-0.15, -0.1) is 0 Å². The summed E-state index contributed by atoms with van der Waals surface area (Å²) in [6.45, 7) is 2.55. The number of methoxy groups -OCH3 is 1. The van der Waals surface area contributed by atoms with Crippen LogP contribution in [0.1, 0.15) is 30.6 Å². The average Bonchev–Trinajstić information content (AvgIpc) is 2.49. The molecule has 1 aromatic carbocycles. The minimum Gasteiger partial charge on any atom is -0.496 e. The number of halogens is 1. The number of benzene rings is 1. The molecule has 0 aliphatic heterocycles. The van der Waals surface area contributed by atoms with Crippen molar-refractivity contribution in [2.75, 3.05) is 7.11 Å². The largest absolute Gasteiger partial charge is 0.496 e. The van der Waals surface area contributed by atoms with E-state index in [1.165, 1.54) is 10.7 Å². The normalized spacial score (nSPS) is 12.2. The van der Waals surface area contributed by atoms with E-state index in [1.54, 1.807) is 31.4 Å². The molecule has 6 heteroatoms. The quantitative estimate of drug-likeness (QED) is 0.920. The van der Waals surface area contributed by atoms with Crippen LogP contribution < -0.4 is 16.0 Å². The fourth-order valence-corrected chi connectivity index (χ4v) is 2.29. The molecule has 2 aromatic rings. The molecule has 1 aromatic heterocycles. The van der Waals surface area contributed by atoms with Crippen molar-refractivity contribution in [2.45, 2.75) is 25.9 Å². The van der Waals surface area contributed by atoms with Gasteiger partial charge in [0.1, 0.15) is 5.75 Å². The van der Waals surface area contributed by atoms with Crippen molar-refractivity contribution in [1.82, 2.24) is 9.78 Å². The van der Waals surface area contributed by atoms with Crippen LogP contribution in [0.4, 0.5) is 0 Å². The van der Waals surface area contributed by atoms with Gasteiger partial charge in [0.2, 0.25) is 0 Å². The van der Waals surface area contributed by atoms with E-state index in [4.69, 9.17) is 22.1 Å². The van der Waals surface area contributed by atoms with Crippen LogP contribution in [0.2, 0.25) is 5.02 Å². The lowest BCUT2D eigenvalue weighted by atomic mass is 10.0. The van der Waals surface area contributed by atoms with Crippen molar-refractivity contribution in [3.63, 3.8) is 0 Å². The molecule has 0 saturated heterocycles. The van der Waals surface area contributed by atoms with E-state index in [0.29, 0.717) is 23.0 Å². The van der Waals surface area contributed by atoms with E-state index in [2.05, 4.69) is 5.10 Å². The first kappa shape index (κ1) is 15.5. The molecule has 1 unspecified atom stereocenters. The summed E-state index contributed by atoms with van der Waals surface area (Å²) in [5, 5.41) is 4.90. The van der Waals surface area contributed by atoms with Gasteiger partial charge in [-0.1, -0.05) is 18.5 Å². The number of ether oxygens (including phenoxy) is 1. The first-order valence-corrected chi connectivity index (χ1v) is 7.11. The Morgan fingerprint density at radius 1 is 1.38 bits per heavy atom. The molecule has 2 rings (SSSR count). The Morgan fingerprint density at radius 2 is 2.14 bits per heavy atom. The van der Waals surface area contributed by atoms with Gasteiger partial charge in [0.25, 0.3) is 5.56 Å². The maximum Gasteiger partial charge on any atom is 0.266 e. The minimum absolute atomic E-state index is 0.133. The van der Waals surface area contributed by atoms with Crippen molar-refractivity contribution < 1.29 is 4.74 Å². The lowest BCUT2D eigenvalue weighted by molar-refractivity contribution is 0.407. The van der Waals surface area contributed by atoms with Crippen molar-refractivity contribution >= 4 is 11.6 Å². The van der Waals surface area contributed by atoms with Crippen molar-refractivity contribution in [3.05, 3.63) is 57.0 Å². The van der Waals surface area contributed by atoms with Crippen LogP contribution in [0.25, 0.3) is 0 Å². The van der Waals surface area contributed by atoms with Crippen LogP contribution in [0.15, 0.2) is 35.1 Å². The highest BCUT2D eigenvalue weighted by atomic mass is 35.5. The summed E-state index contributed by atoms with van der Waals surface area (Å²) in [4.78, 5) is 11.7. The van der Waals surface area contributed by atoms with Crippen LogP contribution in [-0.2, 0) is 6.54 Å². The van der Waals surface area contributed by atoms with E-state index in [1.807, 2.05) is 6.92 Å². The Morgan fingerprint density at radius 3 is 2.81 bits per heavy atom. The van der Waals surface area contributed by atoms with Crippen molar-refractivity contribution in [1.29, 1.82) is 0 Å². The molecule has 2 N–H and O–H groups in total. The third-order valence-electron chi connectivity index (χ3n) is 3.17. The fourth-order valence-electron chi connectivity index (χ4n) is 2.11. The molecule has 5 nitrogen and oxygen atoms in total. The molecule has 1 atom stereocenters. The standard InChI is InChI=1S/C15H18ClN3O2/c1-3-8-19-14(20)7-5-12(18-19)15(17)11-9-10(16)4-6-13(11)21-2/h4-7,9,15H,3,8,17H2,1-2H3. The number of aryl methyl sites for hydroxylation is 1.